The molecule has 2 amide bonds. The highest BCUT2D eigenvalue weighted by atomic mass is 35.5. The van der Waals surface area contributed by atoms with Gasteiger partial charge in [0.25, 0.3) is 10.0 Å². The number of halogens is 2. The average Bonchev–Trinajstić information content (AvgIpc) is 3.08. The van der Waals surface area contributed by atoms with Gasteiger partial charge in [-0.15, -0.1) is 0 Å². The number of hydrogen-bond donors (Lipinski definition) is 1. The van der Waals surface area contributed by atoms with E-state index < -0.39 is 28.5 Å². The zero-order valence-corrected chi connectivity index (χ0v) is 27.7. The summed E-state index contributed by atoms with van der Waals surface area (Å²) in [5, 5.41) is 3.89. The Labute approximate surface area is 281 Å². The predicted octanol–water partition coefficient (Wildman–Crippen LogP) is 7.28. The molecular weight excluding hydrogens is 641 g/mol. The molecule has 1 aliphatic carbocycles. The van der Waals surface area contributed by atoms with Crippen molar-refractivity contribution in [2.75, 3.05) is 10.8 Å². The van der Waals surface area contributed by atoms with Gasteiger partial charge in [-0.2, -0.15) is 0 Å². The van der Waals surface area contributed by atoms with E-state index >= 15 is 0 Å². The second-order valence-electron chi connectivity index (χ2n) is 11.5. The molecule has 1 atom stereocenters. The summed E-state index contributed by atoms with van der Waals surface area (Å²) in [4.78, 5) is 30.3. The number of nitrogens with one attached hydrogen (secondary N) is 1. The third-order valence-electron chi connectivity index (χ3n) is 8.21. The molecule has 0 unspecified atom stereocenters. The first kappa shape index (κ1) is 33.5. The van der Waals surface area contributed by atoms with Crippen LogP contribution in [0.5, 0.6) is 0 Å². The molecule has 46 heavy (non-hydrogen) atoms. The molecule has 4 aromatic rings. The first-order valence-corrected chi connectivity index (χ1v) is 17.6. The summed E-state index contributed by atoms with van der Waals surface area (Å²) in [6.07, 6.45) is 5.19. The lowest BCUT2D eigenvalue weighted by molar-refractivity contribution is -0.140. The molecule has 1 saturated carbocycles. The Balaban J connectivity index is 1.55. The van der Waals surface area contributed by atoms with Gasteiger partial charge in [-0.05, 0) is 60.4 Å². The van der Waals surface area contributed by atoms with Crippen LogP contribution in [0.3, 0.4) is 0 Å². The Morgan fingerprint density at radius 3 is 2.00 bits per heavy atom. The lowest BCUT2D eigenvalue weighted by atomic mass is 9.94. The molecular formula is C36H37Cl2N3O4S. The Morgan fingerprint density at radius 2 is 1.37 bits per heavy atom. The van der Waals surface area contributed by atoms with E-state index in [0.717, 1.165) is 42.0 Å². The van der Waals surface area contributed by atoms with Crippen LogP contribution in [0.1, 0.15) is 43.2 Å². The highest BCUT2D eigenvalue weighted by Gasteiger charge is 2.35. The van der Waals surface area contributed by atoms with E-state index in [4.69, 9.17) is 23.2 Å². The molecule has 4 aromatic carbocycles. The van der Waals surface area contributed by atoms with E-state index in [0.29, 0.717) is 21.3 Å². The number of amides is 2. The molecule has 0 bridgehead atoms. The Morgan fingerprint density at radius 1 is 0.761 bits per heavy atom. The number of carbonyl (C=O) groups is 2. The highest BCUT2D eigenvalue weighted by Crippen LogP contribution is 2.27. The molecule has 0 radical (unpaired) electrons. The van der Waals surface area contributed by atoms with Crippen LogP contribution in [0.25, 0.3) is 0 Å². The van der Waals surface area contributed by atoms with Gasteiger partial charge in [0.2, 0.25) is 11.8 Å². The number of anilines is 1. The smallest absolute Gasteiger partial charge is 0.264 e. The van der Waals surface area contributed by atoms with Gasteiger partial charge in [-0.3, -0.25) is 13.9 Å². The van der Waals surface area contributed by atoms with Crippen molar-refractivity contribution >= 4 is 50.7 Å². The largest absolute Gasteiger partial charge is 0.352 e. The van der Waals surface area contributed by atoms with Crippen LogP contribution in [0, 0.1) is 0 Å². The van der Waals surface area contributed by atoms with Gasteiger partial charge in [0.05, 0.1) is 20.6 Å². The highest BCUT2D eigenvalue weighted by molar-refractivity contribution is 7.92. The zero-order chi connectivity index (χ0) is 32.5. The van der Waals surface area contributed by atoms with E-state index in [2.05, 4.69) is 5.32 Å². The molecule has 240 valence electrons. The van der Waals surface area contributed by atoms with Crippen molar-refractivity contribution < 1.29 is 18.0 Å². The maximum Gasteiger partial charge on any atom is 0.264 e. The van der Waals surface area contributed by atoms with Crippen LogP contribution in [0.4, 0.5) is 5.69 Å². The molecule has 1 aliphatic rings. The predicted molar refractivity (Wildman–Crippen MR) is 183 cm³/mol. The molecule has 10 heteroatoms. The van der Waals surface area contributed by atoms with Gasteiger partial charge < -0.3 is 10.2 Å². The van der Waals surface area contributed by atoms with Crippen molar-refractivity contribution in [1.82, 2.24) is 10.2 Å². The average molecular weight is 679 g/mol. The standard InChI is InChI=1S/C36H37Cl2N3O4S/c37-32-22-21-28(23-33(32)38)25-40(34(24-27-13-5-1-6-14-27)36(43)39-29-15-7-2-8-16-29)35(42)26-41(30-17-9-3-10-18-30)46(44,45)31-19-11-4-12-20-31/h1,3-6,9-14,17-23,29,34H,2,7-8,15-16,24-26H2,(H,39,43)/t34-/m1/s1. The van der Waals surface area contributed by atoms with Crippen molar-refractivity contribution in [1.29, 1.82) is 0 Å². The van der Waals surface area contributed by atoms with Gasteiger partial charge in [0.1, 0.15) is 12.6 Å². The van der Waals surface area contributed by atoms with Crippen molar-refractivity contribution in [3.63, 3.8) is 0 Å². The number of sulfonamides is 1. The minimum Gasteiger partial charge on any atom is -0.352 e. The van der Waals surface area contributed by atoms with Crippen LogP contribution in [-0.4, -0.2) is 43.8 Å². The Bertz CT molecular complexity index is 1720. The lowest BCUT2D eigenvalue weighted by Crippen LogP contribution is -2.55. The van der Waals surface area contributed by atoms with Crippen molar-refractivity contribution in [3.8, 4) is 0 Å². The second-order valence-corrected chi connectivity index (χ2v) is 14.2. The zero-order valence-electron chi connectivity index (χ0n) is 25.4. The fourth-order valence-corrected chi connectivity index (χ4v) is 7.53. The first-order valence-electron chi connectivity index (χ1n) is 15.4. The normalized spacial score (nSPS) is 14.3. The minimum atomic E-state index is -4.15. The summed E-state index contributed by atoms with van der Waals surface area (Å²) in [6, 6.07) is 30.2. The van der Waals surface area contributed by atoms with Crippen LogP contribution in [-0.2, 0) is 32.6 Å². The number of hydrogen-bond acceptors (Lipinski definition) is 4. The van der Waals surface area contributed by atoms with Crippen LogP contribution >= 0.6 is 23.2 Å². The van der Waals surface area contributed by atoms with Gasteiger partial charge in [0, 0.05) is 19.0 Å². The maximum atomic E-state index is 14.6. The SMILES string of the molecule is O=C(NC1CCCCC1)[C@@H](Cc1ccccc1)N(Cc1ccc(Cl)c(Cl)c1)C(=O)CN(c1ccccc1)S(=O)(=O)c1ccccc1. The van der Waals surface area contributed by atoms with E-state index in [1.54, 1.807) is 66.7 Å². The monoisotopic (exact) mass is 677 g/mol. The molecule has 0 saturated heterocycles. The Hall–Kier alpha value is -3.85. The summed E-state index contributed by atoms with van der Waals surface area (Å²) in [6.45, 7) is -0.510. The topological polar surface area (TPSA) is 86.8 Å². The van der Waals surface area contributed by atoms with E-state index in [9.17, 15) is 18.0 Å². The van der Waals surface area contributed by atoms with E-state index in [1.807, 2.05) is 30.3 Å². The third-order valence-corrected chi connectivity index (χ3v) is 10.7. The second kappa shape index (κ2) is 15.6. The summed E-state index contributed by atoms with van der Waals surface area (Å²) < 4.78 is 29.2. The summed E-state index contributed by atoms with van der Waals surface area (Å²) in [5.74, 6) is -0.810. The molecule has 0 spiro atoms. The molecule has 7 nitrogen and oxygen atoms in total. The quantitative estimate of drug-likeness (QED) is 0.171. The summed E-state index contributed by atoms with van der Waals surface area (Å²) >= 11 is 12.6. The fraction of sp³-hybridized carbons (Fsp3) is 0.278. The van der Waals surface area contributed by atoms with Crippen molar-refractivity contribution in [3.05, 3.63) is 130 Å². The molecule has 0 aromatic heterocycles. The molecule has 1 N–H and O–H groups in total. The summed E-state index contributed by atoms with van der Waals surface area (Å²) in [5.41, 5.74) is 1.86. The number of rotatable bonds is 12. The summed E-state index contributed by atoms with van der Waals surface area (Å²) in [7, 11) is -4.15. The number of nitrogens with zero attached hydrogens (tertiary/aromatic N) is 2. The number of para-hydroxylation sites is 1. The van der Waals surface area contributed by atoms with E-state index in [-0.39, 0.29) is 29.8 Å². The van der Waals surface area contributed by atoms with Crippen LogP contribution < -0.4 is 9.62 Å². The van der Waals surface area contributed by atoms with Gasteiger partial charge in [-0.25, -0.2) is 8.42 Å². The van der Waals surface area contributed by atoms with Crippen molar-refractivity contribution in [2.24, 2.45) is 0 Å². The van der Waals surface area contributed by atoms with Crippen molar-refractivity contribution in [2.45, 2.75) is 62.0 Å². The van der Waals surface area contributed by atoms with Gasteiger partial charge in [-0.1, -0.05) is 115 Å². The molecule has 0 aliphatic heterocycles. The molecule has 0 heterocycles. The van der Waals surface area contributed by atoms with Crippen LogP contribution in [0.2, 0.25) is 10.0 Å². The van der Waals surface area contributed by atoms with Gasteiger partial charge in [0.15, 0.2) is 0 Å². The lowest BCUT2D eigenvalue weighted by Gasteiger charge is -2.35. The number of carbonyl (C=O) groups excluding carboxylic acids is 2. The Kier molecular flexibility index (Phi) is 11.4. The number of benzene rings is 4. The minimum absolute atomic E-state index is 0.0132. The van der Waals surface area contributed by atoms with Gasteiger partial charge >= 0.3 is 0 Å². The molecule has 1 fully saturated rings. The van der Waals surface area contributed by atoms with Crippen LogP contribution in [0.15, 0.2) is 114 Å². The van der Waals surface area contributed by atoms with E-state index in [1.165, 1.54) is 17.0 Å². The third kappa shape index (κ3) is 8.49. The fourth-order valence-electron chi connectivity index (χ4n) is 5.78. The molecule has 5 rings (SSSR count). The first-order chi connectivity index (χ1) is 22.2. The maximum absolute atomic E-state index is 14.6.